The molecule has 198 valence electrons. The second kappa shape index (κ2) is 10.2. The number of hydrogen-bond acceptors (Lipinski definition) is 10. The second-order valence-corrected chi connectivity index (χ2v) is 12.8. The maximum atomic E-state index is 13.2. The number of nitrogens with one attached hydrogen (secondary N) is 2. The molecule has 2 aromatic carbocycles. The first-order chi connectivity index (χ1) is 17.7. The number of aryl methyl sites for hydroxylation is 1. The Bertz CT molecular complexity index is 1460. The summed E-state index contributed by atoms with van der Waals surface area (Å²) in [4.78, 5) is 26.9. The van der Waals surface area contributed by atoms with E-state index >= 15 is 0 Å². The second-order valence-electron chi connectivity index (χ2n) is 9.51. The van der Waals surface area contributed by atoms with Crippen molar-refractivity contribution in [1.82, 2.24) is 9.21 Å². The molecule has 2 fully saturated rings. The summed E-state index contributed by atoms with van der Waals surface area (Å²) in [6, 6.07) is 7.70. The first-order valence-electron chi connectivity index (χ1n) is 12.2. The Hall–Kier alpha value is -2.80. The molecule has 3 N–H and O–H groups in total. The van der Waals surface area contributed by atoms with Crippen LogP contribution >= 0.6 is 11.8 Å². The molecule has 3 aromatic rings. The summed E-state index contributed by atoms with van der Waals surface area (Å²) in [5.41, 5.74) is -1.28. The van der Waals surface area contributed by atoms with Gasteiger partial charge in [-0.05, 0) is 56.8 Å². The monoisotopic (exact) mass is 546 g/mol. The van der Waals surface area contributed by atoms with E-state index in [1.807, 2.05) is 31.0 Å². The van der Waals surface area contributed by atoms with Crippen molar-refractivity contribution in [2.75, 3.05) is 49.6 Å². The fourth-order valence-corrected chi connectivity index (χ4v) is 7.66. The Balaban J connectivity index is 1.42. The lowest BCUT2D eigenvalue weighted by molar-refractivity contribution is 0.222. The normalized spacial score (nSPS) is 20.3. The fourth-order valence-electron chi connectivity index (χ4n) is 4.77. The number of phenols is 1. The standard InChI is InChI=1S/C25H30N4O6S2/c1-15-8-9-17(35-15)20(18-6-4-14-36-18)27-22-21(24(31)25(22)32)26-16-5-3-7-19(23(16)30)37(33,34)29-12-10-28(2)11-13-29/h3,5,7-9,18,20,26-27,30H,4,6,10-14H2,1-2H3/t18?,20-/m0/s1. The van der Waals surface area contributed by atoms with Crippen LogP contribution in [0, 0.1) is 6.92 Å². The number of benzene rings is 1. The number of hydrogen-bond donors (Lipinski definition) is 3. The van der Waals surface area contributed by atoms with E-state index in [0.717, 1.165) is 24.4 Å². The topological polar surface area (TPSA) is 132 Å². The molecule has 3 heterocycles. The summed E-state index contributed by atoms with van der Waals surface area (Å²) >= 11 is 1.78. The molecule has 12 heteroatoms. The number of likely N-dealkylation sites (N-methyl/N-ethyl adjacent to an activating group) is 1. The Kier molecular flexibility index (Phi) is 7.10. The lowest BCUT2D eigenvalue weighted by Gasteiger charge is -2.31. The third kappa shape index (κ3) is 4.90. The zero-order chi connectivity index (χ0) is 26.3. The van der Waals surface area contributed by atoms with E-state index in [0.29, 0.717) is 31.9 Å². The van der Waals surface area contributed by atoms with Crippen LogP contribution in [0.5, 0.6) is 5.75 Å². The zero-order valence-electron chi connectivity index (χ0n) is 20.7. The Morgan fingerprint density at radius 2 is 1.81 bits per heavy atom. The summed E-state index contributed by atoms with van der Waals surface area (Å²) in [5, 5.41) is 17.1. The van der Waals surface area contributed by atoms with Gasteiger partial charge in [0.2, 0.25) is 10.0 Å². The Morgan fingerprint density at radius 3 is 2.46 bits per heavy atom. The maximum Gasteiger partial charge on any atom is 0.253 e. The number of anilines is 3. The highest BCUT2D eigenvalue weighted by Crippen LogP contribution is 2.40. The van der Waals surface area contributed by atoms with E-state index in [4.69, 9.17) is 4.42 Å². The van der Waals surface area contributed by atoms with Gasteiger partial charge in [-0.1, -0.05) is 6.07 Å². The van der Waals surface area contributed by atoms with Gasteiger partial charge in [0.05, 0.1) is 11.7 Å². The quantitative estimate of drug-likeness (QED) is 0.286. The van der Waals surface area contributed by atoms with Gasteiger partial charge in [0, 0.05) is 31.4 Å². The van der Waals surface area contributed by atoms with Gasteiger partial charge in [0.15, 0.2) is 5.75 Å². The van der Waals surface area contributed by atoms with Crippen LogP contribution in [0.4, 0.5) is 17.1 Å². The van der Waals surface area contributed by atoms with Crippen molar-refractivity contribution >= 4 is 38.8 Å². The molecule has 0 spiro atoms. The average Bonchev–Trinajstić information content (AvgIpc) is 3.56. The molecule has 10 nitrogen and oxygen atoms in total. The van der Waals surface area contributed by atoms with E-state index in [9.17, 15) is 23.1 Å². The predicted molar refractivity (Wildman–Crippen MR) is 144 cm³/mol. The molecule has 1 unspecified atom stereocenters. The number of aromatic hydroxyl groups is 1. The first kappa shape index (κ1) is 25.8. The smallest absolute Gasteiger partial charge is 0.253 e. The van der Waals surface area contributed by atoms with Crippen LogP contribution in [0.3, 0.4) is 0 Å². The molecule has 0 saturated carbocycles. The number of phenolic OH excluding ortho intramolecular Hbond substituents is 1. The van der Waals surface area contributed by atoms with Crippen LogP contribution in [0.1, 0.15) is 30.4 Å². The molecular formula is C25H30N4O6S2. The summed E-state index contributed by atoms with van der Waals surface area (Å²) in [7, 11) is -2.02. The molecule has 1 aromatic heterocycles. The fraction of sp³-hybridized carbons (Fsp3) is 0.440. The minimum Gasteiger partial charge on any atom is -0.504 e. The molecule has 0 radical (unpaired) electrons. The number of rotatable bonds is 8. The Morgan fingerprint density at radius 1 is 1.08 bits per heavy atom. The number of sulfonamides is 1. The number of furan rings is 1. The molecule has 5 rings (SSSR count). The van der Waals surface area contributed by atoms with Gasteiger partial charge in [0.25, 0.3) is 10.9 Å². The molecule has 0 amide bonds. The molecule has 2 saturated heterocycles. The lowest BCUT2D eigenvalue weighted by atomic mass is 10.0. The molecule has 37 heavy (non-hydrogen) atoms. The molecule has 0 aliphatic carbocycles. The van der Waals surface area contributed by atoms with E-state index in [1.165, 1.54) is 22.5 Å². The average molecular weight is 547 g/mol. The van der Waals surface area contributed by atoms with Gasteiger partial charge in [-0.25, -0.2) is 8.42 Å². The molecule has 2 aliphatic rings. The van der Waals surface area contributed by atoms with Crippen molar-refractivity contribution < 1.29 is 17.9 Å². The van der Waals surface area contributed by atoms with E-state index in [2.05, 4.69) is 10.6 Å². The summed E-state index contributed by atoms with van der Waals surface area (Å²) in [5.74, 6) is 1.93. The van der Waals surface area contributed by atoms with Crippen LogP contribution < -0.4 is 21.5 Å². The van der Waals surface area contributed by atoms with Gasteiger partial charge >= 0.3 is 0 Å². The van der Waals surface area contributed by atoms with Gasteiger partial charge < -0.3 is 25.1 Å². The summed E-state index contributed by atoms with van der Waals surface area (Å²) in [6.07, 6.45) is 1.99. The van der Waals surface area contributed by atoms with Crippen LogP contribution in [0.15, 0.2) is 49.2 Å². The number of thioether (sulfide) groups is 1. The van der Waals surface area contributed by atoms with Crippen molar-refractivity contribution in [2.24, 2.45) is 0 Å². The largest absolute Gasteiger partial charge is 0.504 e. The van der Waals surface area contributed by atoms with Crippen LogP contribution in [-0.4, -0.2) is 67.0 Å². The van der Waals surface area contributed by atoms with Crippen LogP contribution in [0.25, 0.3) is 0 Å². The van der Waals surface area contributed by atoms with Crippen LogP contribution in [-0.2, 0) is 10.0 Å². The molecule has 2 atom stereocenters. The van der Waals surface area contributed by atoms with E-state index in [1.54, 1.807) is 11.8 Å². The highest BCUT2D eigenvalue weighted by atomic mass is 32.2. The van der Waals surface area contributed by atoms with Crippen molar-refractivity contribution in [2.45, 2.75) is 36.0 Å². The maximum absolute atomic E-state index is 13.2. The van der Waals surface area contributed by atoms with Gasteiger partial charge in [-0.15, -0.1) is 0 Å². The number of nitrogens with zero attached hydrogens (tertiary/aromatic N) is 2. The van der Waals surface area contributed by atoms with E-state index in [-0.39, 0.29) is 33.2 Å². The minimum absolute atomic E-state index is 0.00859. The number of piperazine rings is 1. The molecule has 2 aliphatic heterocycles. The third-order valence-corrected chi connectivity index (χ3v) is 10.3. The number of para-hydroxylation sites is 1. The third-order valence-electron chi connectivity index (χ3n) is 6.95. The first-order valence-corrected chi connectivity index (χ1v) is 14.7. The van der Waals surface area contributed by atoms with Crippen molar-refractivity contribution in [3.05, 3.63) is 62.3 Å². The van der Waals surface area contributed by atoms with E-state index < -0.39 is 26.6 Å². The molecular weight excluding hydrogens is 516 g/mol. The minimum atomic E-state index is -3.95. The summed E-state index contributed by atoms with van der Waals surface area (Å²) in [6.45, 7) is 3.65. The highest BCUT2D eigenvalue weighted by molar-refractivity contribution is 8.00. The van der Waals surface area contributed by atoms with Crippen molar-refractivity contribution in [1.29, 1.82) is 0 Å². The van der Waals surface area contributed by atoms with Gasteiger partial charge in [-0.3, -0.25) is 9.59 Å². The SMILES string of the molecule is Cc1ccc([C@H](Nc2c(Nc3cccc(S(=O)(=O)N4CCN(C)CC4)c3O)c(=O)c2=O)C2CCCS2)o1. The Labute approximate surface area is 219 Å². The predicted octanol–water partition coefficient (Wildman–Crippen LogP) is 2.62. The van der Waals surface area contributed by atoms with Crippen molar-refractivity contribution in [3.63, 3.8) is 0 Å². The zero-order valence-corrected chi connectivity index (χ0v) is 22.3. The molecule has 0 bridgehead atoms. The van der Waals surface area contributed by atoms with Gasteiger partial charge in [0.1, 0.15) is 27.8 Å². The van der Waals surface area contributed by atoms with Crippen molar-refractivity contribution in [3.8, 4) is 5.75 Å². The lowest BCUT2D eigenvalue weighted by Crippen LogP contribution is -2.47. The van der Waals surface area contributed by atoms with Crippen LogP contribution in [0.2, 0.25) is 0 Å². The summed E-state index contributed by atoms with van der Waals surface area (Å²) < 4.78 is 33.6. The highest BCUT2D eigenvalue weighted by Gasteiger charge is 2.34. The van der Waals surface area contributed by atoms with Gasteiger partial charge in [-0.2, -0.15) is 16.1 Å².